The number of phenolic OH excluding ortho intramolecular Hbond substituents is 3. The molecule has 10 heteroatoms. The van der Waals surface area contributed by atoms with Gasteiger partial charge in [-0.1, -0.05) is 0 Å². The smallest absolute Gasteiger partial charge is 0.338 e. The van der Waals surface area contributed by atoms with Crippen molar-refractivity contribution in [1.29, 1.82) is 0 Å². The summed E-state index contributed by atoms with van der Waals surface area (Å²) in [5.41, 5.74) is -0.288. The molecule has 0 unspecified atom stereocenters. The summed E-state index contributed by atoms with van der Waals surface area (Å²) in [6, 6.07) is 1.70. The third-order valence-electron chi connectivity index (χ3n) is 3.37. The Morgan fingerprint density at radius 2 is 1.57 bits per heavy atom. The minimum Gasteiger partial charge on any atom is -0.504 e. The van der Waals surface area contributed by atoms with Crippen LogP contribution in [0.4, 0.5) is 0 Å². The molecule has 1 heterocycles. The van der Waals surface area contributed by atoms with E-state index in [0.29, 0.717) is 0 Å². The van der Waals surface area contributed by atoms with Gasteiger partial charge in [0.05, 0.1) is 5.56 Å². The van der Waals surface area contributed by atoms with Crippen molar-refractivity contribution >= 4 is 5.97 Å². The molecule has 2 rings (SSSR count). The third kappa shape index (κ3) is 3.46. The molecule has 0 aromatic heterocycles. The number of ether oxygens (including phenoxy) is 2. The zero-order chi connectivity index (χ0) is 17.3. The van der Waals surface area contributed by atoms with Gasteiger partial charge in [0, 0.05) is 0 Å². The van der Waals surface area contributed by atoms with Crippen molar-refractivity contribution in [3.05, 3.63) is 17.7 Å². The Morgan fingerprint density at radius 1 is 1.00 bits per heavy atom. The van der Waals surface area contributed by atoms with Crippen molar-refractivity contribution < 1.29 is 50.0 Å². The Hall–Kier alpha value is -2.11. The minimum absolute atomic E-state index is 0.288. The molecular weight excluding hydrogens is 316 g/mol. The molecule has 0 amide bonds. The van der Waals surface area contributed by atoms with Gasteiger partial charge in [-0.05, 0) is 12.1 Å². The number of phenols is 3. The molecule has 1 aliphatic rings. The van der Waals surface area contributed by atoms with E-state index >= 15 is 0 Å². The third-order valence-corrected chi connectivity index (χ3v) is 3.37. The van der Waals surface area contributed by atoms with Crippen molar-refractivity contribution in [1.82, 2.24) is 0 Å². The summed E-state index contributed by atoms with van der Waals surface area (Å²) in [5.74, 6) is -3.30. The maximum absolute atomic E-state index is 11.8. The molecular formula is C13H16O10. The van der Waals surface area contributed by atoms with E-state index in [9.17, 15) is 40.5 Å². The lowest BCUT2D eigenvalue weighted by Crippen LogP contribution is -2.58. The van der Waals surface area contributed by atoms with Crippen LogP contribution in [0.2, 0.25) is 0 Å². The maximum Gasteiger partial charge on any atom is 0.338 e. The molecule has 0 bridgehead atoms. The Morgan fingerprint density at radius 3 is 2.13 bits per heavy atom. The molecule has 7 N–H and O–H groups in total. The Bertz CT molecular complexity index is 565. The SMILES string of the molecule is O=C(OC[C@@H]1O[C@@H](O)[C@@H](O)[C@@H](O)[C@H]1O)c1cc(O)c(O)c(O)c1. The van der Waals surface area contributed by atoms with E-state index < -0.39 is 60.5 Å². The molecule has 128 valence electrons. The van der Waals surface area contributed by atoms with E-state index in [2.05, 4.69) is 0 Å². The molecule has 1 aliphatic heterocycles. The van der Waals surface area contributed by atoms with Gasteiger partial charge in [-0.25, -0.2) is 4.79 Å². The van der Waals surface area contributed by atoms with Crippen LogP contribution in [-0.4, -0.2) is 79.0 Å². The highest BCUT2D eigenvalue weighted by Gasteiger charge is 2.43. The molecule has 0 aliphatic carbocycles. The Kier molecular flexibility index (Phi) is 4.92. The topological polar surface area (TPSA) is 177 Å². The molecule has 1 aromatic rings. The molecule has 0 saturated carbocycles. The summed E-state index contributed by atoms with van der Waals surface area (Å²) >= 11 is 0. The van der Waals surface area contributed by atoms with Crippen LogP contribution in [0.5, 0.6) is 17.2 Å². The first-order valence-corrected chi connectivity index (χ1v) is 6.52. The van der Waals surface area contributed by atoms with E-state index in [1.807, 2.05) is 0 Å². The lowest BCUT2D eigenvalue weighted by Gasteiger charge is -2.37. The van der Waals surface area contributed by atoms with Gasteiger partial charge in [-0.3, -0.25) is 0 Å². The van der Waals surface area contributed by atoms with Crippen molar-refractivity contribution in [2.75, 3.05) is 6.61 Å². The number of hydrogen-bond acceptors (Lipinski definition) is 10. The second-order valence-electron chi connectivity index (χ2n) is 5.00. The number of aliphatic hydroxyl groups is 4. The van der Waals surface area contributed by atoms with E-state index in [-0.39, 0.29) is 5.56 Å². The van der Waals surface area contributed by atoms with Crippen LogP contribution in [0.15, 0.2) is 12.1 Å². The fourth-order valence-corrected chi connectivity index (χ4v) is 2.03. The average molecular weight is 332 g/mol. The molecule has 10 nitrogen and oxygen atoms in total. The average Bonchev–Trinajstić information content (AvgIpc) is 2.51. The lowest BCUT2D eigenvalue weighted by atomic mass is 9.99. The number of esters is 1. The zero-order valence-electron chi connectivity index (χ0n) is 11.6. The Labute approximate surface area is 129 Å². The van der Waals surface area contributed by atoms with Gasteiger partial charge in [0.2, 0.25) is 0 Å². The van der Waals surface area contributed by atoms with Crippen LogP contribution in [0.1, 0.15) is 10.4 Å². The monoisotopic (exact) mass is 332 g/mol. The van der Waals surface area contributed by atoms with E-state index in [4.69, 9.17) is 9.47 Å². The molecule has 0 spiro atoms. The first-order valence-electron chi connectivity index (χ1n) is 6.52. The van der Waals surface area contributed by atoms with Crippen LogP contribution in [-0.2, 0) is 9.47 Å². The van der Waals surface area contributed by atoms with Crippen LogP contribution in [0.25, 0.3) is 0 Å². The molecule has 5 atom stereocenters. The second-order valence-corrected chi connectivity index (χ2v) is 5.00. The lowest BCUT2D eigenvalue weighted by molar-refractivity contribution is -0.286. The molecule has 1 saturated heterocycles. The van der Waals surface area contributed by atoms with Crippen molar-refractivity contribution in [3.8, 4) is 17.2 Å². The van der Waals surface area contributed by atoms with Crippen LogP contribution < -0.4 is 0 Å². The minimum atomic E-state index is -1.76. The fourth-order valence-electron chi connectivity index (χ4n) is 2.03. The van der Waals surface area contributed by atoms with E-state index in [0.717, 1.165) is 12.1 Å². The predicted octanol–water partition coefficient (Wildman–Crippen LogP) is -2.24. The van der Waals surface area contributed by atoms with Gasteiger partial charge in [0.1, 0.15) is 31.0 Å². The van der Waals surface area contributed by atoms with Crippen molar-refractivity contribution in [3.63, 3.8) is 0 Å². The number of rotatable bonds is 3. The number of carbonyl (C=O) groups is 1. The number of benzene rings is 1. The summed E-state index contributed by atoms with van der Waals surface area (Å²) < 4.78 is 9.60. The van der Waals surface area contributed by atoms with Crippen molar-refractivity contribution in [2.45, 2.75) is 30.7 Å². The van der Waals surface area contributed by atoms with E-state index in [1.165, 1.54) is 0 Å². The number of aromatic hydroxyl groups is 3. The summed E-state index contributed by atoms with van der Waals surface area (Å²) in [6.07, 6.45) is -8.07. The number of aliphatic hydroxyl groups excluding tert-OH is 4. The summed E-state index contributed by atoms with van der Waals surface area (Å²) in [7, 11) is 0. The standard InChI is InChI=1S/C13H16O10/c14-5-1-4(2-6(15)8(5)16)12(20)22-3-7-9(17)10(18)11(19)13(21)23-7/h1-2,7,9-11,13-19,21H,3H2/t7-,9-,10-,11-,13+/m0/s1. The summed E-state index contributed by atoms with van der Waals surface area (Å²) in [5, 5.41) is 65.6. The molecule has 0 radical (unpaired) electrons. The fraction of sp³-hybridized carbons (Fsp3) is 0.462. The van der Waals surface area contributed by atoms with Crippen LogP contribution in [0, 0.1) is 0 Å². The van der Waals surface area contributed by atoms with Crippen LogP contribution in [0.3, 0.4) is 0 Å². The second kappa shape index (κ2) is 6.56. The first kappa shape index (κ1) is 17.2. The largest absolute Gasteiger partial charge is 0.504 e. The highest BCUT2D eigenvalue weighted by atomic mass is 16.6. The zero-order valence-corrected chi connectivity index (χ0v) is 11.6. The van der Waals surface area contributed by atoms with Gasteiger partial charge >= 0.3 is 5.97 Å². The molecule has 23 heavy (non-hydrogen) atoms. The van der Waals surface area contributed by atoms with Crippen molar-refractivity contribution in [2.24, 2.45) is 0 Å². The van der Waals surface area contributed by atoms with Crippen LogP contribution >= 0.6 is 0 Å². The van der Waals surface area contributed by atoms with Gasteiger partial charge in [-0.2, -0.15) is 0 Å². The quantitative estimate of drug-likeness (QED) is 0.236. The number of carbonyl (C=O) groups excluding carboxylic acids is 1. The molecule has 1 aromatic carbocycles. The number of hydrogen-bond donors (Lipinski definition) is 7. The van der Waals surface area contributed by atoms with Gasteiger partial charge in [-0.15, -0.1) is 0 Å². The normalized spacial score (nSPS) is 30.9. The summed E-state index contributed by atoms with van der Waals surface area (Å²) in [4.78, 5) is 11.8. The Balaban J connectivity index is 2.02. The highest BCUT2D eigenvalue weighted by Crippen LogP contribution is 2.35. The van der Waals surface area contributed by atoms with E-state index in [1.54, 1.807) is 0 Å². The predicted molar refractivity (Wildman–Crippen MR) is 70.6 cm³/mol. The van der Waals surface area contributed by atoms with Gasteiger partial charge in [0.15, 0.2) is 23.5 Å². The van der Waals surface area contributed by atoms with Gasteiger partial charge < -0.3 is 45.2 Å². The first-order chi connectivity index (χ1) is 10.7. The summed E-state index contributed by atoms with van der Waals surface area (Å²) in [6.45, 7) is -0.580. The van der Waals surface area contributed by atoms with Gasteiger partial charge in [0.25, 0.3) is 0 Å². The maximum atomic E-state index is 11.8. The highest BCUT2D eigenvalue weighted by molar-refractivity contribution is 5.91. The molecule has 1 fully saturated rings.